The van der Waals surface area contributed by atoms with E-state index in [1.54, 1.807) is 0 Å². The summed E-state index contributed by atoms with van der Waals surface area (Å²) in [4.78, 5) is 22.5. The predicted molar refractivity (Wildman–Crippen MR) is 111 cm³/mol. The van der Waals surface area contributed by atoms with Gasteiger partial charge in [-0.3, -0.25) is 14.7 Å². The maximum Gasteiger partial charge on any atom is 0.230 e. The van der Waals surface area contributed by atoms with Crippen molar-refractivity contribution in [2.24, 2.45) is 0 Å². The van der Waals surface area contributed by atoms with Crippen LogP contribution in [0.1, 0.15) is 36.2 Å². The summed E-state index contributed by atoms with van der Waals surface area (Å²) in [5.74, 6) is 0.0703. The van der Waals surface area contributed by atoms with Crippen molar-refractivity contribution in [3.05, 3.63) is 65.5 Å². The van der Waals surface area contributed by atoms with Crippen LogP contribution in [0.3, 0.4) is 0 Å². The van der Waals surface area contributed by atoms with Gasteiger partial charge in [0.2, 0.25) is 5.91 Å². The van der Waals surface area contributed by atoms with Crippen molar-refractivity contribution in [2.45, 2.75) is 32.7 Å². The number of rotatable bonds is 8. The lowest BCUT2D eigenvalue weighted by Crippen LogP contribution is -2.44. The molecule has 1 aromatic carbocycles. The molecule has 3 rings (SSSR count). The third-order valence-corrected chi connectivity index (χ3v) is 5.31. The highest BCUT2D eigenvalue weighted by Gasteiger charge is 2.25. The lowest BCUT2D eigenvalue weighted by molar-refractivity contribution is -0.134. The van der Waals surface area contributed by atoms with Crippen molar-refractivity contribution >= 4 is 5.91 Å². The summed E-state index contributed by atoms with van der Waals surface area (Å²) >= 11 is 0. The standard InChI is InChI=1S/C23H31N3O2/c1-3-22(20-9-5-4-6-10-20)23(27)26(13-12-25-14-16-28-17-15-25)18-21-11-7-8-19(2)24-21/h4-11,22H,3,12-18H2,1-2H3. The van der Waals surface area contributed by atoms with E-state index in [1.807, 2.05) is 48.2 Å². The lowest BCUT2D eigenvalue weighted by Gasteiger charge is -2.32. The highest BCUT2D eigenvalue weighted by molar-refractivity contribution is 5.83. The molecule has 1 saturated heterocycles. The number of ether oxygens (including phenoxy) is 1. The van der Waals surface area contributed by atoms with Gasteiger partial charge >= 0.3 is 0 Å². The number of morpholine rings is 1. The van der Waals surface area contributed by atoms with E-state index in [0.29, 0.717) is 13.1 Å². The average Bonchev–Trinajstić information content (AvgIpc) is 2.73. The van der Waals surface area contributed by atoms with Gasteiger partial charge in [0, 0.05) is 31.9 Å². The van der Waals surface area contributed by atoms with Gasteiger partial charge in [-0.15, -0.1) is 0 Å². The Morgan fingerprint density at radius 3 is 2.57 bits per heavy atom. The quantitative estimate of drug-likeness (QED) is 0.704. The van der Waals surface area contributed by atoms with E-state index in [9.17, 15) is 4.79 Å². The molecule has 2 aromatic rings. The van der Waals surface area contributed by atoms with Gasteiger partial charge in [0.05, 0.1) is 31.4 Å². The minimum Gasteiger partial charge on any atom is -0.379 e. The molecule has 2 heterocycles. The summed E-state index contributed by atoms with van der Waals surface area (Å²) in [6.07, 6.45) is 0.790. The number of benzene rings is 1. The predicted octanol–water partition coefficient (Wildman–Crippen LogP) is 3.24. The molecule has 28 heavy (non-hydrogen) atoms. The second-order valence-corrected chi connectivity index (χ2v) is 7.36. The Bertz CT molecular complexity index is 745. The fraction of sp³-hybridized carbons (Fsp3) is 0.478. The Labute approximate surface area is 168 Å². The molecular weight excluding hydrogens is 350 g/mol. The summed E-state index contributed by atoms with van der Waals surface area (Å²) in [7, 11) is 0. The molecule has 5 nitrogen and oxygen atoms in total. The van der Waals surface area contributed by atoms with Crippen LogP contribution in [0, 0.1) is 6.92 Å². The van der Waals surface area contributed by atoms with E-state index in [2.05, 4.69) is 28.9 Å². The van der Waals surface area contributed by atoms with Gasteiger partial charge in [-0.05, 0) is 31.0 Å². The van der Waals surface area contributed by atoms with Gasteiger partial charge < -0.3 is 9.64 Å². The van der Waals surface area contributed by atoms with Crippen LogP contribution in [0.4, 0.5) is 0 Å². The van der Waals surface area contributed by atoms with Gasteiger partial charge in [-0.1, -0.05) is 43.3 Å². The normalized spacial score (nSPS) is 15.9. The van der Waals surface area contributed by atoms with Crippen LogP contribution in [0.15, 0.2) is 48.5 Å². The van der Waals surface area contributed by atoms with E-state index in [-0.39, 0.29) is 11.8 Å². The SMILES string of the molecule is CCC(C(=O)N(CCN1CCOCC1)Cc1cccc(C)n1)c1ccccc1. The van der Waals surface area contributed by atoms with Crippen LogP contribution in [-0.4, -0.2) is 60.1 Å². The number of aromatic nitrogens is 1. The lowest BCUT2D eigenvalue weighted by atomic mass is 9.95. The van der Waals surface area contributed by atoms with Crippen LogP contribution < -0.4 is 0 Å². The summed E-state index contributed by atoms with van der Waals surface area (Å²) in [5, 5.41) is 0. The molecule has 0 saturated carbocycles. The minimum atomic E-state index is -0.115. The fourth-order valence-electron chi connectivity index (χ4n) is 3.70. The summed E-state index contributed by atoms with van der Waals surface area (Å²) < 4.78 is 5.44. The number of aryl methyl sites for hydroxylation is 1. The van der Waals surface area contributed by atoms with Gasteiger partial charge in [-0.25, -0.2) is 0 Å². The molecule has 1 aliphatic rings. The number of nitrogens with zero attached hydrogens (tertiary/aromatic N) is 3. The molecule has 0 N–H and O–H groups in total. The van der Waals surface area contributed by atoms with Gasteiger partial charge in [-0.2, -0.15) is 0 Å². The first kappa shape index (κ1) is 20.5. The second kappa shape index (κ2) is 10.3. The van der Waals surface area contributed by atoms with Crippen molar-refractivity contribution in [2.75, 3.05) is 39.4 Å². The smallest absolute Gasteiger partial charge is 0.230 e. The maximum absolute atomic E-state index is 13.5. The summed E-state index contributed by atoms with van der Waals surface area (Å²) in [5.41, 5.74) is 3.01. The molecule has 1 fully saturated rings. The Morgan fingerprint density at radius 1 is 1.14 bits per heavy atom. The highest BCUT2D eigenvalue weighted by Crippen LogP contribution is 2.23. The van der Waals surface area contributed by atoms with Crippen LogP contribution >= 0.6 is 0 Å². The number of hydrogen-bond acceptors (Lipinski definition) is 4. The van der Waals surface area contributed by atoms with Gasteiger partial charge in [0.1, 0.15) is 0 Å². The van der Waals surface area contributed by atoms with Crippen LogP contribution in [0.5, 0.6) is 0 Å². The summed E-state index contributed by atoms with van der Waals surface area (Å²) in [6.45, 7) is 9.60. The van der Waals surface area contributed by atoms with Gasteiger partial charge in [0.25, 0.3) is 0 Å². The molecule has 0 radical (unpaired) electrons. The molecule has 1 aromatic heterocycles. The van der Waals surface area contributed by atoms with E-state index in [4.69, 9.17) is 4.74 Å². The molecule has 150 valence electrons. The molecular formula is C23H31N3O2. The van der Waals surface area contributed by atoms with E-state index in [1.165, 1.54) is 0 Å². The number of pyridine rings is 1. The Balaban J connectivity index is 1.75. The monoisotopic (exact) mass is 381 g/mol. The number of carbonyl (C=O) groups excluding carboxylic acids is 1. The maximum atomic E-state index is 13.5. The number of hydrogen-bond donors (Lipinski definition) is 0. The zero-order chi connectivity index (χ0) is 19.8. The number of carbonyl (C=O) groups is 1. The molecule has 1 aliphatic heterocycles. The van der Waals surface area contributed by atoms with E-state index in [0.717, 1.165) is 56.2 Å². The van der Waals surface area contributed by atoms with Crippen molar-refractivity contribution in [1.29, 1.82) is 0 Å². The van der Waals surface area contributed by atoms with Crippen LogP contribution in [-0.2, 0) is 16.1 Å². The topological polar surface area (TPSA) is 45.7 Å². The Morgan fingerprint density at radius 2 is 1.89 bits per heavy atom. The largest absolute Gasteiger partial charge is 0.379 e. The molecule has 1 unspecified atom stereocenters. The second-order valence-electron chi connectivity index (χ2n) is 7.36. The van der Waals surface area contributed by atoms with E-state index < -0.39 is 0 Å². The third kappa shape index (κ3) is 5.63. The highest BCUT2D eigenvalue weighted by atomic mass is 16.5. The fourth-order valence-corrected chi connectivity index (χ4v) is 3.70. The molecule has 1 amide bonds. The molecule has 0 spiro atoms. The first-order valence-electron chi connectivity index (χ1n) is 10.2. The summed E-state index contributed by atoms with van der Waals surface area (Å²) in [6, 6.07) is 16.1. The Kier molecular flexibility index (Phi) is 7.57. The molecule has 0 aliphatic carbocycles. The zero-order valence-corrected chi connectivity index (χ0v) is 17.0. The van der Waals surface area contributed by atoms with Gasteiger partial charge in [0.15, 0.2) is 0 Å². The van der Waals surface area contributed by atoms with Crippen LogP contribution in [0.2, 0.25) is 0 Å². The van der Waals surface area contributed by atoms with Crippen molar-refractivity contribution in [3.63, 3.8) is 0 Å². The molecule has 0 bridgehead atoms. The first-order valence-corrected chi connectivity index (χ1v) is 10.2. The van der Waals surface area contributed by atoms with Crippen LogP contribution in [0.25, 0.3) is 0 Å². The average molecular weight is 382 g/mol. The van der Waals surface area contributed by atoms with E-state index >= 15 is 0 Å². The third-order valence-electron chi connectivity index (χ3n) is 5.31. The van der Waals surface area contributed by atoms with Crippen molar-refractivity contribution in [1.82, 2.24) is 14.8 Å². The Hall–Kier alpha value is -2.24. The van der Waals surface area contributed by atoms with Crippen molar-refractivity contribution in [3.8, 4) is 0 Å². The zero-order valence-electron chi connectivity index (χ0n) is 17.0. The molecule has 1 atom stereocenters. The first-order chi connectivity index (χ1) is 13.7. The van der Waals surface area contributed by atoms with Crippen molar-refractivity contribution < 1.29 is 9.53 Å². The molecule has 5 heteroatoms. The number of amides is 1. The minimum absolute atomic E-state index is 0.115.